The zero-order chi connectivity index (χ0) is 14.4. The number of hydrogen-bond acceptors (Lipinski definition) is 4. The Morgan fingerprint density at radius 3 is 3.00 bits per heavy atom. The second-order valence-corrected chi connectivity index (χ2v) is 4.65. The quantitative estimate of drug-likeness (QED) is 0.762. The van der Waals surface area contributed by atoms with E-state index in [0.717, 1.165) is 18.5 Å². The monoisotopic (exact) mass is 293 g/mol. The number of H-pyrrole nitrogens is 1. The molecule has 0 saturated carbocycles. The average Bonchev–Trinajstić information content (AvgIpc) is 2.97. The molecule has 2 aromatic rings. The molecule has 0 radical (unpaired) electrons. The van der Waals surface area contributed by atoms with E-state index >= 15 is 0 Å². The second kappa shape index (κ2) is 6.91. The van der Waals surface area contributed by atoms with E-state index in [1.165, 1.54) is 0 Å². The molecule has 2 rings (SSSR count). The molecule has 0 aliphatic rings. The number of hydrogen-bond donors (Lipinski definition) is 3. The standard InChI is InChI=1S/C13H16ClN5O/c1-2-5-15-11-4-3-10(14)12(19-11)13(20)16-6-9-7-17-18-8-9/h3-4,7-8H,2,5-6H2,1H3,(H,15,19)(H,16,20)(H,17,18). The first-order valence-corrected chi connectivity index (χ1v) is 6.74. The molecule has 106 valence electrons. The summed E-state index contributed by atoms with van der Waals surface area (Å²) < 4.78 is 0. The third-order valence-electron chi connectivity index (χ3n) is 2.63. The lowest BCUT2D eigenvalue weighted by Gasteiger charge is -2.08. The number of nitrogens with zero attached hydrogens (tertiary/aromatic N) is 2. The van der Waals surface area contributed by atoms with E-state index in [9.17, 15) is 4.79 Å². The highest BCUT2D eigenvalue weighted by molar-refractivity contribution is 6.33. The molecular weight excluding hydrogens is 278 g/mol. The number of carbonyl (C=O) groups excluding carboxylic acids is 1. The van der Waals surface area contributed by atoms with Gasteiger partial charge in [-0.25, -0.2) is 4.98 Å². The predicted octanol–water partition coefficient (Wildman–Crippen LogP) is 2.21. The molecule has 3 N–H and O–H groups in total. The molecular formula is C13H16ClN5O. The Morgan fingerprint density at radius 1 is 1.45 bits per heavy atom. The lowest BCUT2D eigenvalue weighted by atomic mass is 10.3. The van der Waals surface area contributed by atoms with Crippen LogP contribution in [0.1, 0.15) is 29.4 Å². The molecule has 0 unspecified atom stereocenters. The Hall–Kier alpha value is -2.08. The Balaban J connectivity index is 2.04. The first kappa shape index (κ1) is 14.3. The van der Waals surface area contributed by atoms with Crippen molar-refractivity contribution < 1.29 is 4.79 Å². The van der Waals surface area contributed by atoms with E-state index in [1.807, 2.05) is 0 Å². The Labute approximate surface area is 121 Å². The molecule has 6 nitrogen and oxygen atoms in total. The molecule has 0 aromatic carbocycles. The van der Waals surface area contributed by atoms with Crippen molar-refractivity contribution in [3.8, 4) is 0 Å². The van der Waals surface area contributed by atoms with Crippen molar-refractivity contribution in [3.63, 3.8) is 0 Å². The largest absolute Gasteiger partial charge is 0.370 e. The summed E-state index contributed by atoms with van der Waals surface area (Å²) in [4.78, 5) is 16.3. The molecule has 2 heterocycles. The van der Waals surface area contributed by atoms with Crippen LogP contribution in [-0.2, 0) is 6.54 Å². The predicted molar refractivity (Wildman–Crippen MR) is 77.8 cm³/mol. The minimum Gasteiger partial charge on any atom is -0.370 e. The van der Waals surface area contributed by atoms with Crippen LogP contribution < -0.4 is 10.6 Å². The Bertz CT molecular complexity index is 570. The van der Waals surface area contributed by atoms with Gasteiger partial charge >= 0.3 is 0 Å². The molecule has 0 fully saturated rings. The van der Waals surface area contributed by atoms with Crippen LogP contribution in [0.4, 0.5) is 5.82 Å². The third kappa shape index (κ3) is 3.71. The molecule has 0 aliphatic heterocycles. The van der Waals surface area contributed by atoms with Crippen molar-refractivity contribution in [2.75, 3.05) is 11.9 Å². The van der Waals surface area contributed by atoms with E-state index in [-0.39, 0.29) is 11.6 Å². The smallest absolute Gasteiger partial charge is 0.271 e. The lowest BCUT2D eigenvalue weighted by Crippen LogP contribution is -2.24. The van der Waals surface area contributed by atoms with Crippen molar-refractivity contribution in [1.82, 2.24) is 20.5 Å². The third-order valence-corrected chi connectivity index (χ3v) is 2.93. The van der Waals surface area contributed by atoms with Crippen molar-refractivity contribution in [1.29, 1.82) is 0 Å². The molecule has 0 aliphatic carbocycles. The summed E-state index contributed by atoms with van der Waals surface area (Å²) in [5.74, 6) is 0.334. The lowest BCUT2D eigenvalue weighted by molar-refractivity contribution is 0.0946. The van der Waals surface area contributed by atoms with Crippen LogP contribution in [0.15, 0.2) is 24.5 Å². The molecule has 1 amide bonds. The first-order chi connectivity index (χ1) is 9.70. The van der Waals surface area contributed by atoms with Gasteiger partial charge in [0.2, 0.25) is 0 Å². The van der Waals surface area contributed by atoms with Crippen LogP contribution in [-0.4, -0.2) is 27.6 Å². The molecule has 0 saturated heterocycles. The molecule has 0 atom stereocenters. The number of nitrogens with one attached hydrogen (secondary N) is 3. The fourth-order valence-electron chi connectivity index (χ4n) is 1.59. The molecule has 2 aromatic heterocycles. The SMILES string of the molecule is CCCNc1ccc(Cl)c(C(=O)NCc2cn[nH]c2)n1. The van der Waals surface area contributed by atoms with Gasteiger partial charge in [-0.05, 0) is 18.6 Å². The minimum absolute atomic E-state index is 0.219. The Morgan fingerprint density at radius 2 is 2.30 bits per heavy atom. The van der Waals surface area contributed by atoms with Gasteiger partial charge in [0.1, 0.15) is 11.5 Å². The number of rotatable bonds is 6. The maximum Gasteiger partial charge on any atom is 0.271 e. The van der Waals surface area contributed by atoms with Crippen molar-refractivity contribution >= 4 is 23.3 Å². The fourth-order valence-corrected chi connectivity index (χ4v) is 1.78. The number of aromatic amines is 1. The molecule has 0 spiro atoms. The number of pyridine rings is 1. The maximum absolute atomic E-state index is 12.1. The highest BCUT2D eigenvalue weighted by Gasteiger charge is 2.13. The second-order valence-electron chi connectivity index (χ2n) is 4.24. The molecule has 20 heavy (non-hydrogen) atoms. The van der Waals surface area contributed by atoms with Crippen molar-refractivity contribution in [3.05, 3.63) is 40.8 Å². The van der Waals surface area contributed by atoms with E-state index in [0.29, 0.717) is 17.4 Å². The van der Waals surface area contributed by atoms with Crippen LogP contribution in [0.25, 0.3) is 0 Å². The van der Waals surface area contributed by atoms with Gasteiger partial charge in [-0.1, -0.05) is 18.5 Å². The minimum atomic E-state index is -0.309. The number of anilines is 1. The number of halogens is 1. The highest BCUT2D eigenvalue weighted by atomic mass is 35.5. The average molecular weight is 294 g/mol. The normalized spacial score (nSPS) is 10.3. The summed E-state index contributed by atoms with van der Waals surface area (Å²) >= 11 is 6.02. The van der Waals surface area contributed by atoms with Crippen LogP contribution in [0.3, 0.4) is 0 Å². The first-order valence-electron chi connectivity index (χ1n) is 6.37. The van der Waals surface area contributed by atoms with Gasteiger partial charge in [-0.2, -0.15) is 5.10 Å². The summed E-state index contributed by atoms with van der Waals surface area (Å²) in [6.45, 7) is 3.23. The van der Waals surface area contributed by atoms with E-state index in [2.05, 4.69) is 32.7 Å². The highest BCUT2D eigenvalue weighted by Crippen LogP contribution is 2.16. The van der Waals surface area contributed by atoms with Crippen LogP contribution in [0.5, 0.6) is 0 Å². The molecule has 7 heteroatoms. The summed E-state index contributed by atoms with van der Waals surface area (Å²) in [5.41, 5.74) is 1.10. The van der Waals surface area contributed by atoms with Crippen molar-refractivity contribution in [2.45, 2.75) is 19.9 Å². The number of aromatic nitrogens is 3. The van der Waals surface area contributed by atoms with Crippen molar-refractivity contribution in [2.24, 2.45) is 0 Å². The van der Waals surface area contributed by atoms with Gasteiger partial charge < -0.3 is 10.6 Å². The Kier molecular flexibility index (Phi) is 4.95. The van der Waals surface area contributed by atoms with Gasteiger partial charge in [0.05, 0.1) is 11.2 Å². The zero-order valence-electron chi connectivity index (χ0n) is 11.1. The van der Waals surface area contributed by atoms with Crippen LogP contribution in [0.2, 0.25) is 5.02 Å². The van der Waals surface area contributed by atoms with Gasteiger partial charge in [0.25, 0.3) is 5.91 Å². The fraction of sp³-hybridized carbons (Fsp3) is 0.308. The van der Waals surface area contributed by atoms with Gasteiger partial charge in [-0.3, -0.25) is 9.89 Å². The number of amides is 1. The van der Waals surface area contributed by atoms with Gasteiger partial charge in [0.15, 0.2) is 0 Å². The molecule has 0 bridgehead atoms. The van der Waals surface area contributed by atoms with E-state index < -0.39 is 0 Å². The van der Waals surface area contributed by atoms with Crippen LogP contribution in [0, 0.1) is 0 Å². The van der Waals surface area contributed by atoms with E-state index in [1.54, 1.807) is 24.5 Å². The topological polar surface area (TPSA) is 82.7 Å². The number of carbonyl (C=O) groups is 1. The van der Waals surface area contributed by atoms with Gasteiger partial charge in [0, 0.05) is 24.8 Å². The summed E-state index contributed by atoms with van der Waals surface area (Å²) in [6, 6.07) is 3.42. The maximum atomic E-state index is 12.1. The van der Waals surface area contributed by atoms with Gasteiger partial charge in [-0.15, -0.1) is 0 Å². The van der Waals surface area contributed by atoms with E-state index in [4.69, 9.17) is 11.6 Å². The summed E-state index contributed by atoms with van der Waals surface area (Å²) in [7, 11) is 0. The summed E-state index contributed by atoms with van der Waals surface area (Å²) in [6.07, 6.45) is 4.34. The van der Waals surface area contributed by atoms with Crippen LogP contribution >= 0.6 is 11.6 Å². The zero-order valence-corrected chi connectivity index (χ0v) is 11.9. The summed E-state index contributed by atoms with van der Waals surface area (Å²) in [5, 5.41) is 12.7.